The fourth-order valence-corrected chi connectivity index (χ4v) is 1.07. The van der Waals surface area contributed by atoms with Gasteiger partial charge in [0.05, 0.1) is 5.60 Å². The highest BCUT2D eigenvalue weighted by Crippen LogP contribution is 2.36. The first-order chi connectivity index (χ1) is 3.69. The molecule has 1 aliphatic carbocycles. The minimum Gasteiger partial charge on any atom is -0.388 e. The summed E-state index contributed by atoms with van der Waals surface area (Å²) in [6.07, 6.45) is 2.03. The van der Waals surface area contributed by atoms with Crippen LogP contribution in [0.4, 0.5) is 0 Å². The third-order valence-electron chi connectivity index (χ3n) is 2.28. The lowest BCUT2D eigenvalue weighted by Crippen LogP contribution is -2.51. The van der Waals surface area contributed by atoms with Crippen molar-refractivity contribution in [2.75, 3.05) is 6.54 Å². The lowest BCUT2D eigenvalue weighted by atomic mass is 9.71. The Morgan fingerprint density at radius 1 is 1.88 bits per heavy atom. The Bertz CT molecular complexity index is 90.5. The van der Waals surface area contributed by atoms with Crippen molar-refractivity contribution < 1.29 is 5.11 Å². The predicted molar refractivity (Wildman–Crippen MR) is 32.4 cm³/mol. The van der Waals surface area contributed by atoms with Crippen LogP contribution >= 0.6 is 0 Å². The van der Waals surface area contributed by atoms with Crippen molar-refractivity contribution in [3.05, 3.63) is 0 Å². The molecule has 2 nitrogen and oxygen atoms in total. The summed E-state index contributed by atoms with van der Waals surface area (Å²) in [7, 11) is 0. The van der Waals surface area contributed by atoms with Crippen LogP contribution in [0.5, 0.6) is 0 Å². The molecule has 8 heavy (non-hydrogen) atoms. The number of hydrogen-bond donors (Lipinski definition) is 2. The molecule has 0 aromatic carbocycles. The SMILES string of the molecule is CC1CCC1(O)CN. The summed E-state index contributed by atoms with van der Waals surface area (Å²) in [5, 5.41) is 9.36. The molecule has 0 aromatic heterocycles. The number of hydrogen-bond acceptors (Lipinski definition) is 2. The predicted octanol–water partition coefficient (Wildman–Crippen LogP) is 0.106. The molecule has 1 rings (SSSR count). The molecule has 3 N–H and O–H groups in total. The fourth-order valence-electron chi connectivity index (χ4n) is 1.07. The summed E-state index contributed by atoms with van der Waals surface area (Å²) in [6, 6.07) is 0. The van der Waals surface area contributed by atoms with E-state index >= 15 is 0 Å². The molecular weight excluding hydrogens is 102 g/mol. The van der Waals surface area contributed by atoms with E-state index < -0.39 is 5.60 Å². The van der Waals surface area contributed by atoms with Crippen LogP contribution in [0.15, 0.2) is 0 Å². The molecular formula is C6H13NO. The van der Waals surface area contributed by atoms with Crippen LogP contribution in [0.1, 0.15) is 19.8 Å². The van der Waals surface area contributed by atoms with Crippen molar-refractivity contribution >= 4 is 0 Å². The second-order valence-corrected chi connectivity index (χ2v) is 2.75. The highest BCUT2D eigenvalue weighted by atomic mass is 16.3. The number of rotatable bonds is 1. The van der Waals surface area contributed by atoms with E-state index in [2.05, 4.69) is 0 Å². The quantitative estimate of drug-likeness (QED) is 0.509. The van der Waals surface area contributed by atoms with E-state index in [1.807, 2.05) is 6.92 Å². The van der Waals surface area contributed by atoms with Crippen molar-refractivity contribution in [2.24, 2.45) is 11.7 Å². The van der Waals surface area contributed by atoms with E-state index in [0.29, 0.717) is 12.5 Å². The normalized spacial score (nSPS) is 46.1. The minimum atomic E-state index is -0.500. The smallest absolute Gasteiger partial charge is 0.0794 e. The Hall–Kier alpha value is -0.0800. The summed E-state index contributed by atoms with van der Waals surface area (Å²) >= 11 is 0. The van der Waals surface area contributed by atoms with Crippen LogP contribution in [0.2, 0.25) is 0 Å². The van der Waals surface area contributed by atoms with E-state index in [0.717, 1.165) is 12.8 Å². The zero-order chi connectivity index (χ0) is 6.20. The Labute approximate surface area is 49.7 Å². The molecule has 1 fully saturated rings. The third kappa shape index (κ3) is 0.644. The van der Waals surface area contributed by atoms with Crippen molar-refractivity contribution in [2.45, 2.75) is 25.4 Å². The van der Waals surface area contributed by atoms with Gasteiger partial charge < -0.3 is 10.8 Å². The van der Waals surface area contributed by atoms with Crippen molar-refractivity contribution in [3.8, 4) is 0 Å². The molecule has 2 unspecified atom stereocenters. The van der Waals surface area contributed by atoms with E-state index in [-0.39, 0.29) is 0 Å². The van der Waals surface area contributed by atoms with Gasteiger partial charge in [-0.3, -0.25) is 0 Å². The van der Waals surface area contributed by atoms with Gasteiger partial charge in [-0.1, -0.05) is 6.92 Å². The topological polar surface area (TPSA) is 46.2 Å². The highest BCUT2D eigenvalue weighted by Gasteiger charge is 2.40. The zero-order valence-corrected chi connectivity index (χ0v) is 5.22. The maximum absolute atomic E-state index is 9.36. The average molecular weight is 115 g/mol. The first-order valence-electron chi connectivity index (χ1n) is 3.11. The lowest BCUT2D eigenvalue weighted by Gasteiger charge is -2.42. The van der Waals surface area contributed by atoms with E-state index in [9.17, 15) is 5.11 Å². The molecule has 1 aliphatic rings. The summed E-state index contributed by atoms with van der Waals surface area (Å²) in [5.41, 5.74) is 4.81. The Balaban J connectivity index is 2.42. The molecule has 0 amide bonds. The van der Waals surface area contributed by atoms with Gasteiger partial charge >= 0.3 is 0 Å². The first-order valence-corrected chi connectivity index (χ1v) is 3.11. The highest BCUT2D eigenvalue weighted by molar-refractivity contribution is 4.94. The second-order valence-electron chi connectivity index (χ2n) is 2.75. The minimum absolute atomic E-state index is 0.424. The number of nitrogens with two attached hydrogens (primary N) is 1. The summed E-state index contributed by atoms with van der Waals surface area (Å²) in [4.78, 5) is 0. The van der Waals surface area contributed by atoms with Crippen molar-refractivity contribution in [1.82, 2.24) is 0 Å². The first kappa shape index (κ1) is 6.05. The van der Waals surface area contributed by atoms with Crippen LogP contribution in [-0.2, 0) is 0 Å². The molecule has 0 heterocycles. The average Bonchev–Trinajstić information content (AvgIpc) is 1.83. The molecule has 2 heteroatoms. The van der Waals surface area contributed by atoms with Crippen LogP contribution in [0.25, 0.3) is 0 Å². The lowest BCUT2D eigenvalue weighted by molar-refractivity contribution is -0.0773. The van der Waals surface area contributed by atoms with Crippen LogP contribution in [0, 0.1) is 5.92 Å². The van der Waals surface area contributed by atoms with E-state index in [4.69, 9.17) is 5.73 Å². The zero-order valence-electron chi connectivity index (χ0n) is 5.22. The maximum atomic E-state index is 9.36. The van der Waals surface area contributed by atoms with E-state index in [1.54, 1.807) is 0 Å². The van der Waals surface area contributed by atoms with Crippen LogP contribution in [-0.4, -0.2) is 17.3 Å². The summed E-state index contributed by atoms with van der Waals surface area (Å²) in [5.74, 6) is 0.424. The maximum Gasteiger partial charge on any atom is 0.0794 e. The van der Waals surface area contributed by atoms with Gasteiger partial charge in [-0.05, 0) is 18.8 Å². The number of aliphatic hydroxyl groups is 1. The van der Waals surface area contributed by atoms with Gasteiger partial charge in [-0.2, -0.15) is 0 Å². The molecule has 0 saturated heterocycles. The van der Waals surface area contributed by atoms with Gasteiger partial charge in [0.2, 0.25) is 0 Å². The third-order valence-corrected chi connectivity index (χ3v) is 2.28. The van der Waals surface area contributed by atoms with Gasteiger partial charge in [0.25, 0.3) is 0 Å². The molecule has 0 aromatic rings. The standard InChI is InChI=1S/C6H13NO/c1-5-2-3-6(5,8)4-7/h5,8H,2-4,7H2,1H3. The Kier molecular flexibility index (Phi) is 1.29. The molecule has 48 valence electrons. The second kappa shape index (κ2) is 1.71. The van der Waals surface area contributed by atoms with Gasteiger partial charge in [0.15, 0.2) is 0 Å². The summed E-state index contributed by atoms with van der Waals surface area (Å²) in [6.45, 7) is 2.46. The van der Waals surface area contributed by atoms with Crippen molar-refractivity contribution in [1.29, 1.82) is 0 Å². The van der Waals surface area contributed by atoms with Gasteiger partial charge in [-0.25, -0.2) is 0 Å². The molecule has 0 radical (unpaired) electrons. The Morgan fingerprint density at radius 2 is 2.50 bits per heavy atom. The summed E-state index contributed by atoms with van der Waals surface area (Å²) < 4.78 is 0. The van der Waals surface area contributed by atoms with Crippen molar-refractivity contribution in [3.63, 3.8) is 0 Å². The van der Waals surface area contributed by atoms with Crippen LogP contribution in [0.3, 0.4) is 0 Å². The Morgan fingerprint density at radius 3 is 2.50 bits per heavy atom. The largest absolute Gasteiger partial charge is 0.388 e. The molecule has 0 spiro atoms. The van der Waals surface area contributed by atoms with Gasteiger partial charge in [0.1, 0.15) is 0 Å². The molecule has 1 saturated carbocycles. The monoisotopic (exact) mass is 115 g/mol. The van der Waals surface area contributed by atoms with E-state index in [1.165, 1.54) is 0 Å². The molecule has 0 aliphatic heterocycles. The molecule has 2 atom stereocenters. The van der Waals surface area contributed by atoms with Crippen LogP contribution < -0.4 is 5.73 Å². The fraction of sp³-hybridized carbons (Fsp3) is 1.00. The van der Waals surface area contributed by atoms with Gasteiger partial charge in [0, 0.05) is 6.54 Å². The molecule has 0 bridgehead atoms. The van der Waals surface area contributed by atoms with Gasteiger partial charge in [-0.15, -0.1) is 0 Å².